The fourth-order valence-electron chi connectivity index (χ4n) is 1.16. The first-order chi connectivity index (χ1) is 6.46. The van der Waals surface area contributed by atoms with Crippen LogP contribution in [0.4, 0.5) is 5.69 Å². The number of para-hydroxylation sites is 1. The largest absolute Gasteiger partial charge is 0.397 e. The summed E-state index contributed by atoms with van der Waals surface area (Å²) >= 11 is 0. The zero-order valence-electron chi connectivity index (χ0n) is 7.69. The first-order valence-electron chi connectivity index (χ1n) is 3.96. The third-order valence-electron chi connectivity index (χ3n) is 1.80. The molecule has 0 atom stereocenters. The van der Waals surface area contributed by atoms with Crippen molar-refractivity contribution in [2.24, 2.45) is 0 Å². The molecule has 1 aromatic rings. The van der Waals surface area contributed by atoms with E-state index in [0.29, 0.717) is 12.1 Å². The van der Waals surface area contributed by atoms with Crippen LogP contribution in [0, 0.1) is 0 Å². The second-order valence-corrected chi connectivity index (χ2v) is 4.22. The number of benzene rings is 1. The first kappa shape index (κ1) is 11.0. The lowest BCUT2D eigenvalue weighted by molar-refractivity contribution is 0.483. The molecule has 0 saturated heterocycles. The summed E-state index contributed by atoms with van der Waals surface area (Å²) in [5.41, 5.74) is 6.31. The lowest BCUT2D eigenvalue weighted by Gasteiger charge is -2.07. The monoisotopic (exact) mass is 216 g/mol. The van der Waals surface area contributed by atoms with E-state index in [4.69, 9.17) is 10.3 Å². The Hall–Kier alpha value is -1.11. The van der Waals surface area contributed by atoms with Crippen molar-refractivity contribution in [1.82, 2.24) is 5.32 Å². The van der Waals surface area contributed by atoms with Crippen LogP contribution in [-0.4, -0.2) is 20.0 Å². The zero-order chi connectivity index (χ0) is 10.8. The topological polar surface area (TPSA) is 92.4 Å². The standard InChI is InChI=1S/C8H12N2O3S/c1-10-5-6-3-2-4-7(8(6)9)14(11,12)13/h2-4,10H,5,9H2,1H3,(H,11,12,13). The van der Waals surface area contributed by atoms with Gasteiger partial charge >= 0.3 is 0 Å². The molecule has 0 bridgehead atoms. The zero-order valence-corrected chi connectivity index (χ0v) is 8.50. The Labute approximate surface area is 82.7 Å². The van der Waals surface area contributed by atoms with Crippen LogP contribution in [0.1, 0.15) is 5.56 Å². The molecule has 0 saturated carbocycles. The summed E-state index contributed by atoms with van der Waals surface area (Å²) in [5, 5.41) is 2.85. The van der Waals surface area contributed by atoms with Crippen LogP contribution < -0.4 is 11.1 Å². The lowest BCUT2D eigenvalue weighted by Crippen LogP contribution is -2.11. The average Bonchev–Trinajstić information content (AvgIpc) is 2.07. The second kappa shape index (κ2) is 3.95. The first-order valence-corrected chi connectivity index (χ1v) is 5.40. The van der Waals surface area contributed by atoms with Gasteiger partial charge in [-0.1, -0.05) is 12.1 Å². The summed E-state index contributed by atoms with van der Waals surface area (Å²) in [6.45, 7) is 0.454. The Balaban J connectivity index is 3.28. The number of hydrogen-bond donors (Lipinski definition) is 3. The van der Waals surface area contributed by atoms with Crippen LogP contribution >= 0.6 is 0 Å². The molecule has 6 heteroatoms. The molecular formula is C8H12N2O3S. The molecule has 0 unspecified atom stereocenters. The van der Waals surface area contributed by atoms with Crippen LogP contribution in [0.3, 0.4) is 0 Å². The molecule has 0 radical (unpaired) electrons. The van der Waals surface area contributed by atoms with E-state index < -0.39 is 10.1 Å². The van der Waals surface area contributed by atoms with Crippen LogP contribution in [0.2, 0.25) is 0 Å². The van der Waals surface area contributed by atoms with Crippen molar-refractivity contribution in [3.05, 3.63) is 23.8 Å². The van der Waals surface area contributed by atoms with E-state index in [2.05, 4.69) is 5.32 Å². The molecule has 0 aromatic heterocycles. The summed E-state index contributed by atoms with van der Waals surface area (Å²) < 4.78 is 30.6. The Kier molecular flexibility index (Phi) is 3.10. The van der Waals surface area contributed by atoms with Gasteiger partial charge in [0.15, 0.2) is 0 Å². The van der Waals surface area contributed by atoms with E-state index in [0.717, 1.165) is 0 Å². The third-order valence-corrected chi connectivity index (χ3v) is 2.71. The van der Waals surface area contributed by atoms with Gasteiger partial charge in [0.2, 0.25) is 0 Å². The molecule has 0 heterocycles. The summed E-state index contributed by atoms with van der Waals surface area (Å²) in [5.74, 6) is 0. The smallest absolute Gasteiger partial charge is 0.296 e. The van der Waals surface area contributed by atoms with Crippen molar-refractivity contribution < 1.29 is 13.0 Å². The molecule has 0 spiro atoms. The molecule has 0 fully saturated rings. The highest BCUT2D eigenvalue weighted by molar-refractivity contribution is 7.86. The third kappa shape index (κ3) is 2.22. The van der Waals surface area contributed by atoms with E-state index in [1.807, 2.05) is 0 Å². The van der Waals surface area contributed by atoms with Crippen molar-refractivity contribution in [2.75, 3.05) is 12.8 Å². The molecule has 78 valence electrons. The average molecular weight is 216 g/mol. The van der Waals surface area contributed by atoms with Gasteiger partial charge in [-0.3, -0.25) is 4.55 Å². The highest BCUT2D eigenvalue weighted by atomic mass is 32.2. The molecule has 1 aromatic carbocycles. The van der Waals surface area contributed by atoms with Gasteiger partial charge in [-0.2, -0.15) is 8.42 Å². The number of anilines is 1. The number of nitrogens with one attached hydrogen (secondary N) is 1. The fraction of sp³-hybridized carbons (Fsp3) is 0.250. The summed E-state index contributed by atoms with van der Waals surface area (Å²) in [6, 6.07) is 4.50. The highest BCUT2D eigenvalue weighted by Gasteiger charge is 2.15. The Bertz CT molecular complexity index is 428. The minimum absolute atomic E-state index is 0.0874. The van der Waals surface area contributed by atoms with Crippen molar-refractivity contribution in [3.63, 3.8) is 0 Å². The van der Waals surface area contributed by atoms with Gasteiger partial charge in [-0.15, -0.1) is 0 Å². The lowest BCUT2D eigenvalue weighted by atomic mass is 10.2. The van der Waals surface area contributed by atoms with Gasteiger partial charge in [0.05, 0.1) is 5.69 Å². The van der Waals surface area contributed by atoms with Gasteiger partial charge in [-0.05, 0) is 18.7 Å². The molecule has 0 aliphatic carbocycles. The summed E-state index contributed by atoms with van der Waals surface area (Å²) in [6.07, 6.45) is 0. The van der Waals surface area contributed by atoms with E-state index >= 15 is 0 Å². The number of nitrogen functional groups attached to an aromatic ring is 1. The van der Waals surface area contributed by atoms with E-state index in [9.17, 15) is 8.42 Å². The SMILES string of the molecule is CNCc1cccc(S(=O)(=O)O)c1N. The molecule has 1 rings (SSSR count). The number of hydrogen-bond acceptors (Lipinski definition) is 4. The van der Waals surface area contributed by atoms with Crippen molar-refractivity contribution in [3.8, 4) is 0 Å². The maximum Gasteiger partial charge on any atom is 0.296 e. The van der Waals surface area contributed by atoms with E-state index in [1.54, 1.807) is 13.1 Å². The van der Waals surface area contributed by atoms with Crippen LogP contribution in [-0.2, 0) is 16.7 Å². The fourth-order valence-corrected chi connectivity index (χ4v) is 1.82. The predicted molar refractivity (Wildman–Crippen MR) is 53.4 cm³/mol. The quantitative estimate of drug-likeness (QED) is 0.497. The van der Waals surface area contributed by atoms with E-state index in [1.165, 1.54) is 12.1 Å². The van der Waals surface area contributed by atoms with Gasteiger partial charge < -0.3 is 11.1 Å². The number of rotatable bonds is 3. The highest BCUT2D eigenvalue weighted by Crippen LogP contribution is 2.21. The Morgan fingerprint density at radius 2 is 2.14 bits per heavy atom. The van der Waals surface area contributed by atoms with Crippen molar-refractivity contribution in [1.29, 1.82) is 0 Å². The van der Waals surface area contributed by atoms with Gasteiger partial charge in [-0.25, -0.2) is 0 Å². The molecule has 0 aliphatic heterocycles. The summed E-state index contributed by atoms with van der Waals surface area (Å²) in [4.78, 5) is -0.245. The minimum atomic E-state index is -4.23. The van der Waals surface area contributed by atoms with Crippen LogP contribution in [0.25, 0.3) is 0 Å². The van der Waals surface area contributed by atoms with Gasteiger partial charge in [0.25, 0.3) is 10.1 Å². The normalized spacial score (nSPS) is 11.6. The van der Waals surface area contributed by atoms with Gasteiger partial charge in [0.1, 0.15) is 4.90 Å². The molecule has 5 nitrogen and oxygen atoms in total. The maximum absolute atomic E-state index is 10.9. The predicted octanol–water partition coefficient (Wildman–Crippen LogP) is 0.235. The Morgan fingerprint density at radius 3 is 2.64 bits per heavy atom. The van der Waals surface area contributed by atoms with Crippen LogP contribution in [0.15, 0.2) is 23.1 Å². The molecular weight excluding hydrogens is 204 g/mol. The van der Waals surface area contributed by atoms with Crippen molar-refractivity contribution >= 4 is 15.8 Å². The number of nitrogens with two attached hydrogens (primary N) is 1. The molecule has 4 N–H and O–H groups in total. The molecule has 0 aliphatic rings. The van der Waals surface area contributed by atoms with E-state index in [-0.39, 0.29) is 10.6 Å². The summed E-state index contributed by atoms with van der Waals surface area (Å²) in [7, 11) is -2.51. The van der Waals surface area contributed by atoms with Gasteiger partial charge in [0, 0.05) is 6.54 Å². The van der Waals surface area contributed by atoms with Crippen LogP contribution in [0.5, 0.6) is 0 Å². The second-order valence-electron chi connectivity index (χ2n) is 2.83. The Morgan fingerprint density at radius 1 is 1.50 bits per heavy atom. The van der Waals surface area contributed by atoms with Crippen molar-refractivity contribution in [2.45, 2.75) is 11.4 Å². The molecule has 0 amide bonds. The maximum atomic E-state index is 10.9. The minimum Gasteiger partial charge on any atom is -0.397 e. The molecule has 14 heavy (non-hydrogen) atoms.